The molecule has 0 atom stereocenters. The average Bonchev–Trinajstić information content (AvgIpc) is 2.35. The Kier molecular flexibility index (Phi) is 2.97. The van der Waals surface area contributed by atoms with Crippen LogP contribution in [0.2, 0.25) is 0 Å². The van der Waals surface area contributed by atoms with Crippen LogP contribution in [-0.4, -0.2) is 23.4 Å². The second-order valence-electron chi connectivity index (χ2n) is 3.65. The first-order valence-electron chi connectivity index (χ1n) is 5.37. The van der Waals surface area contributed by atoms with Crippen molar-refractivity contribution in [3.63, 3.8) is 0 Å². The number of H-pyrrole nitrogens is 2. The van der Waals surface area contributed by atoms with E-state index in [-0.39, 0.29) is 11.1 Å². The van der Waals surface area contributed by atoms with E-state index in [1.165, 1.54) is 0 Å². The molecule has 1 aromatic heterocycles. The van der Waals surface area contributed by atoms with Crippen LogP contribution in [0.15, 0.2) is 27.8 Å². The minimum absolute atomic E-state index is 0.294. The average molecular weight is 234 g/mol. The highest BCUT2D eigenvalue weighted by atomic mass is 16.1. The van der Waals surface area contributed by atoms with Crippen molar-refractivity contribution in [3.05, 3.63) is 38.9 Å². The lowest BCUT2D eigenvalue weighted by Gasteiger charge is -2.21. The van der Waals surface area contributed by atoms with Crippen LogP contribution in [-0.2, 0) is 0 Å². The fourth-order valence-corrected chi connectivity index (χ4v) is 1.87. The molecule has 0 spiro atoms. The van der Waals surface area contributed by atoms with Crippen molar-refractivity contribution in [2.45, 2.75) is 6.92 Å². The smallest absolute Gasteiger partial charge is 0.272 e. The zero-order valence-corrected chi connectivity index (χ0v) is 9.49. The zero-order valence-electron chi connectivity index (χ0n) is 9.49. The van der Waals surface area contributed by atoms with Gasteiger partial charge in [0.2, 0.25) is 0 Å². The van der Waals surface area contributed by atoms with Gasteiger partial charge < -0.3 is 10.6 Å². The van der Waals surface area contributed by atoms with Gasteiger partial charge in [-0.05, 0) is 19.1 Å². The van der Waals surface area contributed by atoms with Crippen molar-refractivity contribution in [2.24, 2.45) is 5.73 Å². The van der Waals surface area contributed by atoms with E-state index in [2.05, 4.69) is 10.2 Å². The Labute approximate surface area is 97.0 Å². The van der Waals surface area contributed by atoms with Crippen molar-refractivity contribution in [3.8, 4) is 0 Å². The number of nitrogens with one attached hydrogen (secondary N) is 2. The largest absolute Gasteiger partial charge is 0.359 e. The van der Waals surface area contributed by atoms with Crippen molar-refractivity contribution in [1.82, 2.24) is 10.2 Å². The molecule has 0 unspecified atom stereocenters. The highest BCUT2D eigenvalue weighted by Gasteiger charge is 2.11. The summed E-state index contributed by atoms with van der Waals surface area (Å²) in [7, 11) is 0. The Morgan fingerprint density at radius 3 is 2.59 bits per heavy atom. The molecule has 1 aromatic carbocycles. The van der Waals surface area contributed by atoms with E-state index in [4.69, 9.17) is 5.73 Å². The molecule has 2 rings (SSSR count). The maximum Gasteiger partial charge on any atom is 0.272 e. The molecule has 0 amide bonds. The SMILES string of the molecule is CCN(CN)c1cccc2c(=O)[nH][nH]c(=O)c12. The summed E-state index contributed by atoms with van der Waals surface area (Å²) in [5, 5.41) is 5.38. The first-order valence-corrected chi connectivity index (χ1v) is 5.37. The van der Waals surface area contributed by atoms with E-state index >= 15 is 0 Å². The maximum atomic E-state index is 11.8. The van der Waals surface area contributed by atoms with Crippen LogP contribution in [0.4, 0.5) is 5.69 Å². The molecule has 0 bridgehead atoms. The topological polar surface area (TPSA) is 95.0 Å². The van der Waals surface area contributed by atoms with Gasteiger partial charge >= 0.3 is 0 Å². The van der Waals surface area contributed by atoms with Crippen molar-refractivity contribution >= 4 is 16.5 Å². The van der Waals surface area contributed by atoms with Crippen LogP contribution in [0, 0.1) is 0 Å². The van der Waals surface area contributed by atoms with E-state index in [1.807, 2.05) is 11.8 Å². The van der Waals surface area contributed by atoms with Crippen LogP contribution in [0.3, 0.4) is 0 Å². The maximum absolute atomic E-state index is 11.8. The number of rotatable bonds is 3. The number of aromatic amines is 2. The van der Waals surface area contributed by atoms with Gasteiger partial charge in [0.05, 0.1) is 23.1 Å². The first kappa shape index (κ1) is 11.4. The van der Waals surface area contributed by atoms with Gasteiger partial charge in [0.25, 0.3) is 11.1 Å². The summed E-state index contributed by atoms with van der Waals surface area (Å²) in [4.78, 5) is 25.2. The first-order chi connectivity index (χ1) is 8.19. The van der Waals surface area contributed by atoms with E-state index in [0.29, 0.717) is 29.7 Å². The fraction of sp³-hybridized carbons (Fsp3) is 0.273. The van der Waals surface area contributed by atoms with Crippen LogP contribution in [0.25, 0.3) is 10.8 Å². The van der Waals surface area contributed by atoms with Crippen molar-refractivity contribution in [2.75, 3.05) is 18.1 Å². The summed E-state index contributed by atoms with van der Waals surface area (Å²) < 4.78 is 0. The predicted molar refractivity (Wildman–Crippen MR) is 67.3 cm³/mol. The Balaban J connectivity index is 2.86. The second kappa shape index (κ2) is 4.42. The number of nitrogens with two attached hydrogens (primary N) is 1. The summed E-state index contributed by atoms with van der Waals surface area (Å²) in [6, 6.07) is 5.15. The third-order valence-electron chi connectivity index (χ3n) is 2.75. The number of nitrogens with zero attached hydrogens (tertiary/aromatic N) is 1. The quantitative estimate of drug-likeness (QED) is 0.649. The van der Waals surface area contributed by atoms with Gasteiger partial charge in [-0.2, -0.15) is 0 Å². The molecule has 0 aliphatic carbocycles. The summed E-state index contributed by atoms with van der Waals surface area (Å²) in [6.45, 7) is 2.90. The Bertz CT molecular complexity index is 640. The molecule has 6 nitrogen and oxygen atoms in total. The lowest BCUT2D eigenvalue weighted by atomic mass is 10.1. The van der Waals surface area contributed by atoms with Crippen molar-refractivity contribution in [1.29, 1.82) is 0 Å². The summed E-state index contributed by atoms with van der Waals surface area (Å²) >= 11 is 0. The van der Waals surface area contributed by atoms with Crippen molar-refractivity contribution < 1.29 is 0 Å². The molecule has 0 aliphatic heterocycles. The third-order valence-corrected chi connectivity index (χ3v) is 2.75. The van der Waals surface area contributed by atoms with Gasteiger partial charge in [-0.3, -0.25) is 19.8 Å². The Morgan fingerprint density at radius 2 is 1.94 bits per heavy atom. The van der Waals surface area contributed by atoms with E-state index in [1.54, 1.807) is 18.2 Å². The molecule has 0 radical (unpaired) electrons. The molecule has 90 valence electrons. The lowest BCUT2D eigenvalue weighted by Crippen LogP contribution is -2.31. The monoisotopic (exact) mass is 234 g/mol. The molecular formula is C11H14N4O2. The van der Waals surface area contributed by atoms with Gasteiger partial charge in [0, 0.05) is 6.54 Å². The molecule has 1 heterocycles. The van der Waals surface area contributed by atoms with Gasteiger partial charge in [0.1, 0.15) is 0 Å². The number of hydrogen-bond acceptors (Lipinski definition) is 4. The zero-order chi connectivity index (χ0) is 12.4. The van der Waals surface area contributed by atoms with Crippen LogP contribution < -0.4 is 21.8 Å². The molecule has 4 N–H and O–H groups in total. The molecule has 17 heavy (non-hydrogen) atoms. The number of benzene rings is 1. The summed E-state index contributed by atoms with van der Waals surface area (Å²) in [5.41, 5.74) is 5.67. The number of aromatic nitrogens is 2. The Morgan fingerprint density at radius 1 is 1.24 bits per heavy atom. The summed E-state index contributed by atoms with van der Waals surface area (Å²) in [6.07, 6.45) is 0. The highest BCUT2D eigenvalue weighted by molar-refractivity contribution is 5.92. The van der Waals surface area contributed by atoms with Crippen LogP contribution >= 0.6 is 0 Å². The van der Waals surface area contributed by atoms with E-state index in [9.17, 15) is 9.59 Å². The minimum atomic E-state index is -0.317. The number of hydrogen-bond donors (Lipinski definition) is 3. The molecule has 0 saturated heterocycles. The van der Waals surface area contributed by atoms with Gasteiger partial charge in [-0.25, -0.2) is 0 Å². The normalized spacial score (nSPS) is 10.7. The van der Waals surface area contributed by atoms with Crippen LogP contribution in [0.5, 0.6) is 0 Å². The number of anilines is 1. The molecule has 2 aromatic rings. The standard InChI is InChI=1S/C11H14N4O2/c1-2-15(6-12)8-5-3-4-7-9(8)11(17)14-13-10(7)16/h3-5H,2,6,12H2,1H3,(H,13,16)(H,14,17). The van der Waals surface area contributed by atoms with Crippen LogP contribution in [0.1, 0.15) is 6.92 Å². The van der Waals surface area contributed by atoms with E-state index < -0.39 is 0 Å². The fourth-order valence-electron chi connectivity index (χ4n) is 1.87. The van der Waals surface area contributed by atoms with E-state index in [0.717, 1.165) is 0 Å². The summed E-state index contributed by atoms with van der Waals surface area (Å²) in [5.74, 6) is 0. The highest BCUT2D eigenvalue weighted by Crippen LogP contribution is 2.20. The third kappa shape index (κ3) is 1.83. The minimum Gasteiger partial charge on any atom is -0.359 e. The number of fused-ring (bicyclic) bond motifs is 1. The molecular weight excluding hydrogens is 220 g/mol. The molecule has 0 saturated carbocycles. The van der Waals surface area contributed by atoms with Gasteiger partial charge in [-0.1, -0.05) is 6.07 Å². The predicted octanol–water partition coefficient (Wildman–Crippen LogP) is -0.0411. The van der Waals surface area contributed by atoms with Gasteiger partial charge in [-0.15, -0.1) is 0 Å². The molecule has 0 aliphatic rings. The Hall–Kier alpha value is -2.08. The second-order valence-corrected chi connectivity index (χ2v) is 3.65. The lowest BCUT2D eigenvalue weighted by molar-refractivity contribution is 0.845. The van der Waals surface area contributed by atoms with Gasteiger partial charge in [0.15, 0.2) is 0 Å². The molecule has 6 heteroatoms. The molecule has 0 fully saturated rings.